The Morgan fingerprint density at radius 3 is 2.74 bits per heavy atom. The van der Waals surface area contributed by atoms with Gasteiger partial charge in [0.2, 0.25) is 0 Å². The van der Waals surface area contributed by atoms with E-state index in [1.807, 2.05) is 52.1 Å². The smallest absolute Gasteiger partial charge is 0.410 e. The van der Waals surface area contributed by atoms with E-state index in [1.54, 1.807) is 22.7 Å². The number of nitrogens with zero attached hydrogens (tertiary/aromatic N) is 3. The third kappa shape index (κ3) is 4.28. The van der Waals surface area contributed by atoms with E-state index in [-0.39, 0.29) is 17.8 Å². The van der Waals surface area contributed by atoms with Gasteiger partial charge in [-0.05, 0) is 45.9 Å². The van der Waals surface area contributed by atoms with Gasteiger partial charge in [-0.3, -0.25) is 4.79 Å². The molecule has 0 spiro atoms. The van der Waals surface area contributed by atoms with Gasteiger partial charge >= 0.3 is 6.09 Å². The van der Waals surface area contributed by atoms with Crippen LogP contribution >= 0.6 is 0 Å². The first-order valence-electron chi connectivity index (χ1n) is 10.4. The van der Waals surface area contributed by atoms with Crippen molar-refractivity contribution in [3.63, 3.8) is 0 Å². The average molecular weight is 425 g/mol. The molecule has 1 fully saturated rings. The van der Waals surface area contributed by atoms with E-state index in [2.05, 4.69) is 4.98 Å². The second-order valence-electron chi connectivity index (χ2n) is 8.96. The quantitative estimate of drug-likeness (QED) is 0.694. The van der Waals surface area contributed by atoms with Gasteiger partial charge in [0.1, 0.15) is 23.0 Å². The van der Waals surface area contributed by atoms with Crippen molar-refractivity contribution in [3.8, 4) is 17.0 Å². The topological polar surface area (TPSA) is 89.5 Å². The molecule has 31 heavy (non-hydrogen) atoms. The number of fused-ring (bicyclic) bond motifs is 1. The number of rotatable bonds is 3. The van der Waals surface area contributed by atoms with E-state index in [0.717, 1.165) is 28.8 Å². The van der Waals surface area contributed by atoms with Crippen molar-refractivity contribution in [1.82, 2.24) is 19.4 Å². The van der Waals surface area contributed by atoms with Crippen LogP contribution in [0.3, 0.4) is 0 Å². The van der Waals surface area contributed by atoms with Crippen LogP contribution in [-0.2, 0) is 11.8 Å². The summed E-state index contributed by atoms with van der Waals surface area (Å²) in [6.45, 7) is 8.56. The summed E-state index contributed by atoms with van der Waals surface area (Å²) in [7, 11) is 1.73. The van der Waals surface area contributed by atoms with E-state index in [1.165, 1.54) is 0 Å². The molecule has 1 unspecified atom stereocenters. The minimum atomic E-state index is -0.515. The number of ether oxygens (including phenoxy) is 2. The SMILES string of the molecule is Cc1nc(-c2c[nH]c3c(=O)n(C)ccc23)ccc1OC1CCN(C(=O)OC(C)(C)C)C1. The molecule has 1 atom stereocenters. The minimum absolute atomic E-state index is 0.0730. The molecule has 4 heterocycles. The molecule has 0 bridgehead atoms. The first-order valence-corrected chi connectivity index (χ1v) is 10.4. The van der Waals surface area contributed by atoms with Crippen LogP contribution in [0.15, 0.2) is 35.4 Å². The Bertz CT molecular complexity index is 1190. The van der Waals surface area contributed by atoms with Gasteiger partial charge in [0.05, 0.1) is 17.9 Å². The Morgan fingerprint density at radius 2 is 2.03 bits per heavy atom. The second kappa shape index (κ2) is 7.76. The van der Waals surface area contributed by atoms with Crippen molar-refractivity contribution in [2.45, 2.75) is 45.8 Å². The highest BCUT2D eigenvalue weighted by Gasteiger charge is 2.31. The molecule has 0 aromatic carbocycles. The van der Waals surface area contributed by atoms with E-state index < -0.39 is 5.60 Å². The van der Waals surface area contributed by atoms with Crippen LogP contribution in [0, 0.1) is 6.92 Å². The summed E-state index contributed by atoms with van der Waals surface area (Å²) in [5.74, 6) is 0.690. The molecule has 4 rings (SSSR count). The molecule has 164 valence electrons. The lowest BCUT2D eigenvalue weighted by atomic mass is 10.1. The molecule has 1 saturated heterocycles. The number of hydrogen-bond acceptors (Lipinski definition) is 5. The maximum Gasteiger partial charge on any atom is 0.410 e. The normalized spacial score (nSPS) is 16.7. The summed E-state index contributed by atoms with van der Waals surface area (Å²) >= 11 is 0. The van der Waals surface area contributed by atoms with Crippen molar-refractivity contribution in [3.05, 3.63) is 46.6 Å². The van der Waals surface area contributed by atoms with Gasteiger partial charge in [-0.25, -0.2) is 9.78 Å². The molecule has 3 aromatic rings. The lowest BCUT2D eigenvalue weighted by molar-refractivity contribution is 0.0275. The third-order valence-electron chi connectivity index (χ3n) is 5.32. The van der Waals surface area contributed by atoms with Crippen LogP contribution in [0.4, 0.5) is 4.79 Å². The highest BCUT2D eigenvalue weighted by molar-refractivity contribution is 5.94. The largest absolute Gasteiger partial charge is 0.487 e. The minimum Gasteiger partial charge on any atom is -0.487 e. The van der Waals surface area contributed by atoms with E-state index in [9.17, 15) is 9.59 Å². The molecule has 1 amide bonds. The number of aromatic amines is 1. The first-order chi connectivity index (χ1) is 14.6. The third-order valence-corrected chi connectivity index (χ3v) is 5.32. The van der Waals surface area contributed by atoms with Crippen LogP contribution in [0.1, 0.15) is 32.9 Å². The zero-order chi connectivity index (χ0) is 22.3. The van der Waals surface area contributed by atoms with Gasteiger partial charge in [-0.15, -0.1) is 0 Å². The molecule has 1 aliphatic heterocycles. The fraction of sp³-hybridized carbons (Fsp3) is 0.435. The predicted molar refractivity (Wildman–Crippen MR) is 118 cm³/mol. The van der Waals surface area contributed by atoms with Crippen LogP contribution in [0.2, 0.25) is 0 Å². The van der Waals surface area contributed by atoms with Crippen molar-refractivity contribution < 1.29 is 14.3 Å². The van der Waals surface area contributed by atoms with Gasteiger partial charge < -0.3 is 23.9 Å². The molecule has 8 nitrogen and oxygen atoms in total. The molecule has 0 aliphatic carbocycles. The average Bonchev–Trinajstić information content (AvgIpc) is 3.32. The number of carbonyl (C=O) groups excluding carboxylic acids is 1. The number of nitrogens with one attached hydrogen (secondary N) is 1. The molecule has 1 N–H and O–H groups in total. The van der Waals surface area contributed by atoms with Crippen LogP contribution in [-0.4, -0.2) is 50.3 Å². The molecule has 1 aliphatic rings. The van der Waals surface area contributed by atoms with Crippen LogP contribution in [0.5, 0.6) is 5.75 Å². The molecule has 0 saturated carbocycles. The number of aromatic nitrogens is 3. The van der Waals surface area contributed by atoms with Crippen molar-refractivity contribution >= 4 is 17.0 Å². The molecule has 3 aromatic heterocycles. The van der Waals surface area contributed by atoms with Crippen molar-refractivity contribution in [1.29, 1.82) is 0 Å². The van der Waals surface area contributed by atoms with Crippen molar-refractivity contribution in [2.75, 3.05) is 13.1 Å². The number of likely N-dealkylation sites (tertiary alicyclic amines) is 1. The zero-order valence-corrected chi connectivity index (χ0v) is 18.6. The fourth-order valence-electron chi connectivity index (χ4n) is 3.75. The number of pyridine rings is 2. The van der Waals surface area contributed by atoms with Crippen molar-refractivity contribution in [2.24, 2.45) is 7.05 Å². The Labute approximate surface area is 180 Å². The summed E-state index contributed by atoms with van der Waals surface area (Å²) in [5.41, 5.74) is 2.37. The number of carbonyl (C=O) groups is 1. The molecule has 8 heteroatoms. The van der Waals surface area contributed by atoms with Gasteiger partial charge in [0.25, 0.3) is 5.56 Å². The maximum atomic E-state index is 12.3. The first kappa shape index (κ1) is 21.0. The van der Waals surface area contributed by atoms with E-state index in [0.29, 0.717) is 24.4 Å². The Morgan fingerprint density at radius 1 is 1.26 bits per heavy atom. The van der Waals surface area contributed by atoms with Gasteiger partial charge in [0.15, 0.2) is 0 Å². The summed E-state index contributed by atoms with van der Waals surface area (Å²) in [6.07, 6.45) is 3.89. The summed E-state index contributed by atoms with van der Waals surface area (Å²) in [5, 5.41) is 0.840. The van der Waals surface area contributed by atoms with Crippen LogP contribution in [0.25, 0.3) is 22.2 Å². The standard InChI is InChI=1S/C23H28N4O4/c1-14-19(30-15-8-11-27(13-15)22(29)31-23(2,3)4)7-6-18(25-14)17-12-24-20-16(17)9-10-26(5)21(20)28/h6-7,9-10,12,15,24H,8,11,13H2,1-5H3. The Hall–Kier alpha value is -3.29. The molecular formula is C23H28N4O4. The summed E-state index contributed by atoms with van der Waals surface area (Å²) in [6, 6.07) is 5.70. The van der Waals surface area contributed by atoms with Crippen LogP contribution < -0.4 is 10.3 Å². The Balaban J connectivity index is 1.49. The van der Waals surface area contributed by atoms with E-state index in [4.69, 9.17) is 14.5 Å². The summed E-state index contributed by atoms with van der Waals surface area (Å²) in [4.78, 5) is 34.0. The number of H-pyrrole nitrogens is 1. The Kier molecular flexibility index (Phi) is 5.24. The predicted octanol–water partition coefficient (Wildman–Crippen LogP) is 3.63. The van der Waals surface area contributed by atoms with Gasteiger partial charge in [-0.1, -0.05) is 0 Å². The maximum absolute atomic E-state index is 12.3. The fourth-order valence-corrected chi connectivity index (χ4v) is 3.75. The molecule has 0 radical (unpaired) electrons. The lowest BCUT2D eigenvalue weighted by Crippen LogP contribution is -2.36. The highest BCUT2D eigenvalue weighted by Crippen LogP contribution is 2.29. The second-order valence-corrected chi connectivity index (χ2v) is 8.96. The van der Waals surface area contributed by atoms with E-state index >= 15 is 0 Å². The number of amides is 1. The number of aryl methyl sites for hydroxylation is 2. The van der Waals surface area contributed by atoms with Gasteiger partial charge in [-0.2, -0.15) is 0 Å². The molecular weight excluding hydrogens is 396 g/mol. The monoisotopic (exact) mass is 424 g/mol. The lowest BCUT2D eigenvalue weighted by Gasteiger charge is -2.24. The highest BCUT2D eigenvalue weighted by atomic mass is 16.6. The summed E-state index contributed by atoms with van der Waals surface area (Å²) < 4.78 is 13.1. The number of hydrogen-bond donors (Lipinski definition) is 1. The van der Waals surface area contributed by atoms with Gasteiger partial charge in [0, 0.05) is 43.4 Å². The zero-order valence-electron chi connectivity index (χ0n) is 18.6.